The van der Waals surface area contributed by atoms with E-state index in [9.17, 15) is 9.59 Å². The highest BCUT2D eigenvalue weighted by molar-refractivity contribution is 6.33. The van der Waals surface area contributed by atoms with Gasteiger partial charge in [0, 0.05) is 26.2 Å². The van der Waals surface area contributed by atoms with E-state index in [1.807, 2.05) is 11.8 Å². The molecule has 1 aliphatic heterocycles. The first-order valence-corrected chi connectivity index (χ1v) is 8.05. The topological polar surface area (TPSA) is 61.4 Å². The molecule has 1 atom stereocenters. The first kappa shape index (κ1) is 16.6. The Balaban J connectivity index is 1.85. The van der Waals surface area contributed by atoms with E-state index >= 15 is 0 Å². The summed E-state index contributed by atoms with van der Waals surface area (Å²) < 4.78 is 0. The second-order valence-corrected chi connectivity index (χ2v) is 5.89. The summed E-state index contributed by atoms with van der Waals surface area (Å²) in [6, 6.07) is 6.97. The lowest BCUT2D eigenvalue weighted by atomic mass is 9.98. The Bertz CT molecular complexity index is 536. The number of hydrogen-bond donors (Lipinski definition) is 2. The minimum Gasteiger partial charge on any atom is -0.352 e. The maximum absolute atomic E-state index is 12.1. The number of carbonyl (C=O) groups excluding carboxylic acids is 2. The quantitative estimate of drug-likeness (QED) is 0.894. The van der Waals surface area contributed by atoms with Crippen LogP contribution in [0.2, 0.25) is 5.02 Å². The monoisotopic (exact) mass is 323 g/mol. The fourth-order valence-corrected chi connectivity index (χ4v) is 2.88. The number of nitrogens with one attached hydrogen (secondary N) is 2. The number of hydrogen-bond acceptors (Lipinski definition) is 2. The molecule has 0 radical (unpaired) electrons. The van der Waals surface area contributed by atoms with Crippen LogP contribution in [0.1, 0.15) is 30.1 Å². The molecule has 1 aliphatic rings. The van der Waals surface area contributed by atoms with E-state index in [-0.39, 0.29) is 17.9 Å². The average Bonchev–Trinajstić information content (AvgIpc) is 2.53. The normalized spacial score (nSPS) is 17.9. The number of benzene rings is 1. The predicted molar refractivity (Wildman–Crippen MR) is 87.2 cm³/mol. The molecule has 1 fully saturated rings. The van der Waals surface area contributed by atoms with Crippen LogP contribution in [-0.2, 0) is 0 Å². The largest absolute Gasteiger partial charge is 0.352 e. The number of carbonyl (C=O) groups is 2. The lowest BCUT2D eigenvalue weighted by Gasteiger charge is -2.32. The Morgan fingerprint density at radius 2 is 2.09 bits per heavy atom. The molecule has 3 amide bonds. The summed E-state index contributed by atoms with van der Waals surface area (Å²) in [5.74, 6) is 0.114. The molecule has 0 spiro atoms. The SMILES string of the molecule is CCNC(=O)N1CCC[C@H](CNC(=O)c2ccccc2Cl)C1. The summed E-state index contributed by atoms with van der Waals surface area (Å²) in [6.45, 7) is 4.54. The van der Waals surface area contributed by atoms with Gasteiger partial charge in [-0.05, 0) is 37.8 Å². The molecule has 1 saturated heterocycles. The zero-order chi connectivity index (χ0) is 15.9. The zero-order valence-electron chi connectivity index (χ0n) is 12.8. The summed E-state index contributed by atoms with van der Waals surface area (Å²) in [4.78, 5) is 25.8. The van der Waals surface area contributed by atoms with Gasteiger partial charge in [-0.25, -0.2) is 4.79 Å². The van der Waals surface area contributed by atoms with Gasteiger partial charge in [0.25, 0.3) is 5.91 Å². The maximum atomic E-state index is 12.1. The van der Waals surface area contributed by atoms with E-state index in [0.29, 0.717) is 30.2 Å². The van der Waals surface area contributed by atoms with Gasteiger partial charge in [-0.3, -0.25) is 4.79 Å². The van der Waals surface area contributed by atoms with Crippen molar-refractivity contribution >= 4 is 23.5 Å². The molecule has 0 aromatic heterocycles. The molecule has 0 unspecified atom stereocenters. The molecule has 6 heteroatoms. The Hall–Kier alpha value is -1.75. The van der Waals surface area contributed by atoms with Gasteiger partial charge in [-0.15, -0.1) is 0 Å². The molecule has 2 N–H and O–H groups in total. The lowest BCUT2D eigenvalue weighted by molar-refractivity contribution is 0.0938. The van der Waals surface area contributed by atoms with Crippen LogP contribution in [0.5, 0.6) is 0 Å². The number of likely N-dealkylation sites (tertiary alicyclic amines) is 1. The molecule has 22 heavy (non-hydrogen) atoms. The van der Waals surface area contributed by atoms with Crippen molar-refractivity contribution in [3.05, 3.63) is 34.9 Å². The highest BCUT2D eigenvalue weighted by Gasteiger charge is 2.23. The van der Waals surface area contributed by atoms with Crippen LogP contribution in [0.25, 0.3) is 0 Å². The Labute approximate surface area is 136 Å². The van der Waals surface area contributed by atoms with Crippen LogP contribution in [0, 0.1) is 5.92 Å². The van der Waals surface area contributed by atoms with Crippen molar-refractivity contribution < 1.29 is 9.59 Å². The third-order valence-corrected chi connectivity index (χ3v) is 4.13. The fourth-order valence-electron chi connectivity index (χ4n) is 2.66. The van der Waals surface area contributed by atoms with Gasteiger partial charge in [0.15, 0.2) is 0 Å². The minimum absolute atomic E-state index is 0.0235. The van der Waals surface area contributed by atoms with Crippen molar-refractivity contribution in [2.24, 2.45) is 5.92 Å². The number of nitrogens with zero attached hydrogens (tertiary/aromatic N) is 1. The molecule has 0 bridgehead atoms. The first-order chi connectivity index (χ1) is 10.6. The van der Waals surface area contributed by atoms with E-state index in [0.717, 1.165) is 19.4 Å². The van der Waals surface area contributed by atoms with Crippen molar-refractivity contribution in [2.45, 2.75) is 19.8 Å². The second kappa shape index (κ2) is 8.03. The number of amides is 3. The van der Waals surface area contributed by atoms with Gasteiger partial charge in [-0.1, -0.05) is 23.7 Å². The lowest BCUT2D eigenvalue weighted by Crippen LogP contribution is -2.47. The minimum atomic E-state index is -0.166. The standard InChI is InChI=1S/C16H22ClN3O2/c1-2-18-16(22)20-9-5-6-12(11-20)10-19-15(21)13-7-3-4-8-14(13)17/h3-4,7-8,12H,2,5-6,9-11H2,1H3,(H,18,22)(H,19,21)/t12-/m1/s1. The van der Waals surface area contributed by atoms with Crippen molar-refractivity contribution in [1.29, 1.82) is 0 Å². The van der Waals surface area contributed by atoms with E-state index in [4.69, 9.17) is 11.6 Å². The summed E-state index contributed by atoms with van der Waals surface area (Å²) in [5.41, 5.74) is 0.487. The van der Waals surface area contributed by atoms with Crippen molar-refractivity contribution in [2.75, 3.05) is 26.2 Å². The third kappa shape index (κ3) is 4.37. The Kier molecular flexibility index (Phi) is 6.07. The van der Waals surface area contributed by atoms with Gasteiger partial charge in [0.05, 0.1) is 10.6 Å². The molecule has 5 nitrogen and oxygen atoms in total. The third-order valence-electron chi connectivity index (χ3n) is 3.80. The highest BCUT2D eigenvalue weighted by atomic mass is 35.5. The van der Waals surface area contributed by atoms with E-state index in [1.165, 1.54) is 0 Å². The highest BCUT2D eigenvalue weighted by Crippen LogP contribution is 2.17. The number of piperidine rings is 1. The van der Waals surface area contributed by atoms with Crippen LogP contribution in [0.3, 0.4) is 0 Å². The summed E-state index contributed by atoms with van der Waals surface area (Å²) >= 11 is 6.02. The molecular formula is C16H22ClN3O2. The molecular weight excluding hydrogens is 302 g/mol. The molecule has 1 aromatic carbocycles. The van der Waals surface area contributed by atoms with Gasteiger partial charge in [0.2, 0.25) is 0 Å². The molecule has 0 saturated carbocycles. The van der Waals surface area contributed by atoms with Gasteiger partial charge < -0.3 is 15.5 Å². The van der Waals surface area contributed by atoms with E-state index in [2.05, 4.69) is 10.6 Å². The van der Waals surface area contributed by atoms with Crippen LogP contribution in [0.4, 0.5) is 4.79 Å². The molecule has 120 valence electrons. The van der Waals surface area contributed by atoms with Gasteiger partial charge in [-0.2, -0.15) is 0 Å². The second-order valence-electron chi connectivity index (χ2n) is 5.48. The average molecular weight is 324 g/mol. The fraction of sp³-hybridized carbons (Fsp3) is 0.500. The Morgan fingerprint density at radius 3 is 2.82 bits per heavy atom. The molecule has 2 rings (SSSR count). The molecule has 1 aromatic rings. The predicted octanol–water partition coefficient (Wildman–Crippen LogP) is 2.51. The molecule has 0 aliphatic carbocycles. The van der Waals surface area contributed by atoms with Crippen LogP contribution in [0.15, 0.2) is 24.3 Å². The van der Waals surface area contributed by atoms with E-state index in [1.54, 1.807) is 24.3 Å². The van der Waals surface area contributed by atoms with Crippen molar-refractivity contribution in [3.63, 3.8) is 0 Å². The van der Waals surface area contributed by atoms with Crippen LogP contribution in [-0.4, -0.2) is 43.0 Å². The van der Waals surface area contributed by atoms with Crippen LogP contribution >= 0.6 is 11.6 Å². The molecule has 1 heterocycles. The maximum Gasteiger partial charge on any atom is 0.317 e. The first-order valence-electron chi connectivity index (χ1n) is 7.67. The number of halogens is 1. The van der Waals surface area contributed by atoms with Crippen molar-refractivity contribution in [1.82, 2.24) is 15.5 Å². The summed E-state index contributed by atoms with van der Waals surface area (Å²) in [6.07, 6.45) is 1.97. The van der Waals surface area contributed by atoms with Crippen molar-refractivity contribution in [3.8, 4) is 0 Å². The van der Waals surface area contributed by atoms with Gasteiger partial charge >= 0.3 is 6.03 Å². The summed E-state index contributed by atoms with van der Waals surface area (Å²) in [7, 11) is 0. The Morgan fingerprint density at radius 1 is 1.32 bits per heavy atom. The van der Waals surface area contributed by atoms with Gasteiger partial charge in [0.1, 0.15) is 0 Å². The van der Waals surface area contributed by atoms with Crippen LogP contribution < -0.4 is 10.6 Å². The number of urea groups is 1. The number of rotatable bonds is 4. The zero-order valence-corrected chi connectivity index (χ0v) is 13.5. The smallest absolute Gasteiger partial charge is 0.317 e. The van der Waals surface area contributed by atoms with E-state index < -0.39 is 0 Å². The summed E-state index contributed by atoms with van der Waals surface area (Å²) in [5, 5.41) is 6.19.